The van der Waals surface area contributed by atoms with Gasteiger partial charge in [-0.05, 0) is 46.0 Å². The average molecular weight is 318 g/mol. The summed E-state index contributed by atoms with van der Waals surface area (Å²) < 4.78 is 0.951. The zero-order chi connectivity index (χ0) is 12.4. The second kappa shape index (κ2) is 5.70. The molecule has 0 amide bonds. The molecule has 2 atom stereocenters. The van der Waals surface area contributed by atoms with Crippen molar-refractivity contribution in [2.45, 2.75) is 25.9 Å². The van der Waals surface area contributed by atoms with Gasteiger partial charge in [0.15, 0.2) is 0 Å². The lowest BCUT2D eigenvalue weighted by atomic mass is 9.96. The van der Waals surface area contributed by atoms with Crippen LogP contribution in [0, 0.1) is 5.92 Å². The molecule has 0 aromatic heterocycles. The smallest absolute Gasteiger partial charge is 0.0551 e. The normalized spacial score (nSPS) is 26.1. The van der Waals surface area contributed by atoms with Crippen LogP contribution >= 0.6 is 27.5 Å². The first-order valence-electron chi connectivity index (χ1n) is 5.96. The molecule has 1 aliphatic rings. The van der Waals surface area contributed by atoms with Gasteiger partial charge in [-0.15, -0.1) is 0 Å². The van der Waals surface area contributed by atoms with Gasteiger partial charge in [-0.3, -0.25) is 4.90 Å². The van der Waals surface area contributed by atoms with Crippen molar-refractivity contribution in [3.8, 4) is 0 Å². The fourth-order valence-electron chi connectivity index (χ4n) is 2.54. The third-order valence-corrected chi connectivity index (χ3v) is 4.39. The summed E-state index contributed by atoms with van der Waals surface area (Å²) in [5.74, 6) is 0.685. The van der Waals surface area contributed by atoms with Crippen LogP contribution < -0.4 is 5.73 Å². The zero-order valence-corrected chi connectivity index (χ0v) is 12.3. The summed E-state index contributed by atoms with van der Waals surface area (Å²) in [6, 6.07) is 6.45. The van der Waals surface area contributed by atoms with E-state index in [4.69, 9.17) is 17.3 Å². The van der Waals surface area contributed by atoms with Crippen molar-refractivity contribution in [1.82, 2.24) is 4.90 Å². The highest BCUT2D eigenvalue weighted by atomic mass is 79.9. The molecule has 2 N–H and O–H groups in total. The predicted molar refractivity (Wildman–Crippen MR) is 76.2 cm³/mol. The van der Waals surface area contributed by atoms with Gasteiger partial charge in [0.05, 0.1) is 5.02 Å². The van der Waals surface area contributed by atoms with E-state index in [9.17, 15) is 0 Å². The van der Waals surface area contributed by atoms with E-state index >= 15 is 0 Å². The topological polar surface area (TPSA) is 29.3 Å². The number of likely N-dealkylation sites (tertiary alicyclic amines) is 1. The standard InChI is InChI=1S/C13H18BrClN2/c1-9-4-11(16)8-17(6-9)7-10-2-3-12(14)13(15)5-10/h2-3,5,9,11H,4,6-8,16H2,1H3. The first kappa shape index (κ1) is 13.3. The number of hydrogen-bond donors (Lipinski definition) is 1. The number of hydrogen-bond acceptors (Lipinski definition) is 2. The van der Waals surface area contributed by atoms with Crippen LogP contribution in [0.15, 0.2) is 22.7 Å². The average Bonchev–Trinajstić information content (AvgIpc) is 2.22. The first-order chi connectivity index (χ1) is 8.04. The number of nitrogens with two attached hydrogens (primary N) is 1. The highest BCUT2D eigenvalue weighted by molar-refractivity contribution is 9.10. The Bertz CT molecular complexity index is 387. The van der Waals surface area contributed by atoms with E-state index in [-0.39, 0.29) is 0 Å². The molecule has 2 unspecified atom stereocenters. The minimum absolute atomic E-state index is 0.310. The third-order valence-electron chi connectivity index (χ3n) is 3.16. The Kier molecular flexibility index (Phi) is 4.47. The van der Waals surface area contributed by atoms with Crippen molar-refractivity contribution < 1.29 is 0 Å². The van der Waals surface area contributed by atoms with Gasteiger partial charge < -0.3 is 5.73 Å². The fraction of sp³-hybridized carbons (Fsp3) is 0.538. The highest BCUT2D eigenvalue weighted by Gasteiger charge is 2.21. The molecule has 0 saturated carbocycles. The van der Waals surface area contributed by atoms with Crippen molar-refractivity contribution >= 4 is 27.5 Å². The van der Waals surface area contributed by atoms with E-state index in [1.54, 1.807) is 0 Å². The van der Waals surface area contributed by atoms with Crippen LogP contribution in [0.5, 0.6) is 0 Å². The maximum Gasteiger partial charge on any atom is 0.0551 e. The minimum Gasteiger partial charge on any atom is -0.327 e. The third kappa shape index (κ3) is 3.68. The molecule has 2 nitrogen and oxygen atoms in total. The van der Waals surface area contributed by atoms with Crippen LogP contribution in [-0.2, 0) is 6.54 Å². The number of nitrogens with zero attached hydrogens (tertiary/aromatic N) is 1. The number of benzene rings is 1. The van der Waals surface area contributed by atoms with Crippen LogP contribution in [0.1, 0.15) is 18.9 Å². The highest BCUT2D eigenvalue weighted by Crippen LogP contribution is 2.25. The van der Waals surface area contributed by atoms with Gasteiger partial charge in [0, 0.05) is 30.1 Å². The Morgan fingerprint density at radius 1 is 1.47 bits per heavy atom. The predicted octanol–water partition coefficient (Wildman–Crippen LogP) is 3.27. The van der Waals surface area contributed by atoms with E-state index in [1.165, 1.54) is 5.56 Å². The molecule has 0 aliphatic carbocycles. The van der Waals surface area contributed by atoms with Crippen molar-refractivity contribution in [3.05, 3.63) is 33.3 Å². The molecule has 1 heterocycles. The summed E-state index contributed by atoms with van der Waals surface area (Å²) in [4.78, 5) is 2.42. The maximum atomic E-state index is 6.10. The fourth-order valence-corrected chi connectivity index (χ4v) is 2.99. The van der Waals surface area contributed by atoms with Gasteiger partial charge in [-0.1, -0.05) is 24.6 Å². The molecular weight excluding hydrogens is 300 g/mol. The van der Waals surface area contributed by atoms with Crippen LogP contribution in [0.25, 0.3) is 0 Å². The lowest BCUT2D eigenvalue weighted by Crippen LogP contribution is -2.45. The first-order valence-corrected chi connectivity index (χ1v) is 7.13. The minimum atomic E-state index is 0.310. The van der Waals surface area contributed by atoms with Crippen LogP contribution in [-0.4, -0.2) is 24.0 Å². The summed E-state index contributed by atoms with van der Waals surface area (Å²) in [5, 5.41) is 0.775. The molecule has 0 radical (unpaired) electrons. The summed E-state index contributed by atoms with van der Waals surface area (Å²) in [7, 11) is 0. The lowest BCUT2D eigenvalue weighted by Gasteiger charge is -2.34. The van der Waals surface area contributed by atoms with Gasteiger partial charge >= 0.3 is 0 Å². The molecule has 17 heavy (non-hydrogen) atoms. The van der Waals surface area contributed by atoms with Crippen molar-refractivity contribution in [3.63, 3.8) is 0 Å². The largest absolute Gasteiger partial charge is 0.327 e. The van der Waals surface area contributed by atoms with Gasteiger partial charge in [0.1, 0.15) is 0 Å². The molecule has 94 valence electrons. The monoisotopic (exact) mass is 316 g/mol. The van der Waals surface area contributed by atoms with Crippen molar-refractivity contribution in [2.24, 2.45) is 11.7 Å². The van der Waals surface area contributed by atoms with Gasteiger partial charge in [-0.2, -0.15) is 0 Å². The zero-order valence-electron chi connectivity index (χ0n) is 10.00. The van der Waals surface area contributed by atoms with E-state index in [1.807, 2.05) is 12.1 Å². The number of rotatable bonds is 2. The maximum absolute atomic E-state index is 6.10. The van der Waals surface area contributed by atoms with E-state index < -0.39 is 0 Å². The lowest BCUT2D eigenvalue weighted by molar-refractivity contribution is 0.158. The van der Waals surface area contributed by atoms with Gasteiger partial charge in [0.25, 0.3) is 0 Å². The molecule has 0 bridgehead atoms. The Morgan fingerprint density at radius 3 is 2.88 bits per heavy atom. The number of halogens is 2. The Labute approximate surface area is 116 Å². The Balaban J connectivity index is 2.02. The Morgan fingerprint density at radius 2 is 2.24 bits per heavy atom. The summed E-state index contributed by atoms with van der Waals surface area (Å²) in [6.07, 6.45) is 1.14. The van der Waals surface area contributed by atoms with Gasteiger partial charge in [0.2, 0.25) is 0 Å². The molecule has 1 aliphatic heterocycles. The quantitative estimate of drug-likeness (QED) is 0.907. The van der Waals surface area contributed by atoms with E-state index in [0.717, 1.165) is 35.6 Å². The molecule has 1 fully saturated rings. The second-order valence-electron chi connectivity index (χ2n) is 5.04. The summed E-state index contributed by atoms with van der Waals surface area (Å²) in [5.41, 5.74) is 7.30. The Hall–Kier alpha value is -0.0900. The molecule has 2 rings (SSSR count). The van der Waals surface area contributed by atoms with Crippen molar-refractivity contribution in [2.75, 3.05) is 13.1 Å². The molecular formula is C13H18BrClN2. The molecule has 1 aromatic carbocycles. The summed E-state index contributed by atoms with van der Waals surface area (Å²) >= 11 is 9.51. The molecule has 1 aromatic rings. The van der Waals surface area contributed by atoms with Crippen molar-refractivity contribution in [1.29, 1.82) is 0 Å². The van der Waals surface area contributed by atoms with E-state index in [0.29, 0.717) is 12.0 Å². The number of piperidine rings is 1. The SMILES string of the molecule is CC1CC(N)CN(Cc2ccc(Br)c(Cl)c2)C1. The van der Waals surface area contributed by atoms with Crippen LogP contribution in [0.3, 0.4) is 0 Å². The molecule has 4 heteroatoms. The second-order valence-corrected chi connectivity index (χ2v) is 6.31. The van der Waals surface area contributed by atoms with Crippen LogP contribution in [0.2, 0.25) is 5.02 Å². The van der Waals surface area contributed by atoms with Crippen LogP contribution in [0.4, 0.5) is 0 Å². The van der Waals surface area contributed by atoms with E-state index in [2.05, 4.69) is 33.8 Å². The molecule has 1 saturated heterocycles. The van der Waals surface area contributed by atoms with Gasteiger partial charge in [-0.25, -0.2) is 0 Å². The summed E-state index contributed by atoms with van der Waals surface area (Å²) in [6.45, 7) is 5.31. The molecule has 0 spiro atoms.